The molecule has 51 heavy (non-hydrogen) atoms. The summed E-state index contributed by atoms with van der Waals surface area (Å²) in [7, 11) is 1.93. The lowest BCUT2D eigenvalue weighted by molar-refractivity contribution is -0.155. The third kappa shape index (κ3) is 12.6. The quantitative estimate of drug-likeness (QED) is 0.0371. The number of rotatable bonds is 22. The van der Waals surface area contributed by atoms with Crippen molar-refractivity contribution in [2.75, 3.05) is 41.3 Å². The molecule has 21 nitrogen and oxygen atoms in total. The van der Waals surface area contributed by atoms with E-state index < -0.39 is 105 Å². The Hall–Kier alpha value is -4.56. The number of aliphatic carboxylic acids is 1. The number of nitrogens with two attached hydrogens (primary N) is 1. The highest BCUT2D eigenvalue weighted by Crippen LogP contribution is 2.53. The summed E-state index contributed by atoms with van der Waals surface area (Å²) in [5, 5.41) is 37.7. The van der Waals surface area contributed by atoms with E-state index in [2.05, 4.69) is 25.9 Å². The van der Waals surface area contributed by atoms with E-state index in [1.807, 2.05) is 0 Å². The zero-order chi connectivity index (χ0) is 38.5. The number of aliphatic hydroxyl groups is 2. The van der Waals surface area contributed by atoms with Crippen LogP contribution >= 0.6 is 7.67 Å². The van der Waals surface area contributed by atoms with Gasteiger partial charge in [-0.05, 0) is 60.9 Å². The van der Waals surface area contributed by atoms with Crippen molar-refractivity contribution < 1.29 is 62.6 Å². The molecule has 2 heterocycles. The molecule has 286 valence electrons. The molecule has 0 spiro atoms. The number of imidazole rings is 1. The van der Waals surface area contributed by atoms with E-state index in [-0.39, 0.29) is 12.8 Å². The number of esters is 2. The van der Waals surface area contributed by atoms with Gasteiger partial charge < -0.3 is 56.0 Å². The number of nitrogens with zero attached hydrogens (tertiary/aromatic N) is 3. The van der Waals surface area contributed by atoms with Gasteiger partial charge in [0, 0.05) is 24.7 Å². The number of carbonyl (C=O) groups is 6. The molecule has 0 radical (unpaired) electrons. The van der Waals surface area contributed by atoms with Crippen molar-refractivity contribution in [3.8, 4) is 0 Å². The van der Waals surface area contributed by atoms with Crippen molar-refractivity contribution >= 4 is 43.3 Å². The van der Waals surface area contributed by atoms with Gasteiger partial charge in [0.25, 0.3) is 5.76 Å². The predicted octanol–water partition coefficient (Wildman–Crippen LogP) is -1.73. The summed E-state index contributed by atoms with van der Waals surface area (Å²) < 4.78 is 30.6. The van der Waals surface area contributed by atoms with E-state index in [4.69, 9.17) is 19.7 Å². The maximum Gasteiger partial charge on any atom is 0.395 e. The Kier molecular flexibility index (Phi) is 16.5. The van der Waals surface area contributed by atoms with Crippen LogP contribution in [0.5, 0.6) is 0 Å². The fourth-order valence-corrected chi connectivity index (χ4v) is 5.97. The molecule has 1 aromatic rings. The molecule has 0 aliphatic carbocycles. The van der Waals surface area contributed by atoms with E-state index in [0.717, 1.165) is 0 Å². The second-order valence-corrected chi connectivity index (χ2v) is 14.6. The molecule has 1 aliphatic heterocycles. The van der Waals surface area contributed by atoms with Gasteiger partial charge in [0.2, 0.25) is 17.7 Å². The number of nitrogens with one attached hydrogen (secondary N) is 4. The van der Waals surface area contributed by atoms with Gasteiger partial charge in [0.1, 0.15) is 30.8 Å². The minimum atomic E-state index is -3.77. The number of ether oxygens (including phenoxy) is 2. The molecule has 1 aromatic heterocycles. The molecule has 2 rings (SSSR count). The minimum Gasteiger partial charge on any atom is -0.505 e. The maximum atomic E-state index is 13.1. The maximum absolute atomic E-state index is 13.1. The van der Waals surface area contributed by atoms with Crippen molar-refractivity contribution in [1.29, 1.82) is 0 Å². The van der Waals surface area contributed by atoms with Gasteiger partial charge >= 0.3 is 25.6 Å². The predicted molar refractivity (Wildman–Crippen MR) is 176 cm³/mol. The monoisotopic (exact) mass is 746 g/mol. The minimum absolute atomic E-state index is 0.0694. The molecule has 9 N–H and O–H groups in total. The molecule has 0 fully saturated rings. The Morgan fingerprint density at radius 3 is 2.27 bits per heavy atom. The van der Waals surface area contributed by atoms with Crippen molar-refractivity contribution in [1.82, 2.24) is 35.3 Å². The van der Waals surface area contributed by atoms with Crippen LogP contribution in [0.25, 0.3) is 0 Å². The largest absolute Gasteiger partial charge is 0.505 e. The van der Waals surface area contributed by atoms with Crippen LogP contribution in [0.4, 0.5) is 0 Å². The molecular formula is C29H47N8O13P. The van der Waals surface area contributed by atoms with Crippen molar-refractivity contribution in [3.05, 3.63) is 29.7 Å². The first kappa shape index (κ1) is 42.6. The highest BCUT2D eigenvalue weighted by atomic mass is 31.2. The Morgan fingerprint density at radius 1 is 1.06 bits per heavy atom. The van der Waals surface area contributed by atoms with Crippen LogP contribution in [-0.4, -0.2) is 142 Å². The van der Waals surface area contributed by atoms with Gasteiger partial charge in [-0.25, -0.2) is 28.5 Å². The number of aromatic nitrogens is 2. The number of unbranched alkanes of at least 4 members (excludes halogenated alkanes) is 1. The second-order valence-electron chi connectivity index (χ2n) is 11.9. The highest BCUT2D eigenvalue weighted by molar-refractivity contribution is 7.54. The summed E-state index contributed by atoms with van der Waals surface area (Å²) in [5.74, 6) is -7.33. The number of hydrogen-bond donors (Lipinski definition) is 8. The lowest BCUT2D eigenvalue weighted by atomic mass is 10.1. The lowest BCUT2D eigenvalue weighted by Crippen LogP contribution is -2.55. The first-order chi connectivity index (χ1) is 23.9. The molecule has 0 bridgehead atoms. The van der Waals surface area contributed by atoms with E-state index >= 15 is 0 Å². The van der Waals surface area contributed by atoms with E-state index in [1.54, 1.807) is 0 Å². The number of amides is 3. The van der Waals surface area contributed by atoms with Crippen LogP contribution in [0.3, 0.4) is 0 Å². The Labute approximate surface area is 293 Å². The molecule has 5 unspecified atom stereocenters. The van der Waals surface area contributed by atoms with Crippen molar-refractivity contribution in [2.24, 2.45) is 5.73 Å². The van der Waals surface area contributed by atoms with Crippen LogP contribution in [0, 0.1) is 0 Å². The average molecular weight is 747 g/mol. The molecule has 0 saturated carbocycles. The number of aliphatic hydroxyl groups excluding tert-OH is 2. The zero-order valence-corrected chi connectivity index (χ0v) is 29.9. The number of cyclic esters (lactones) is 1. The van der Waals surface area contributed by atoms with Gasteiger partial charge in [-0.3, -0.25) is 19.2 Å². The first-order valence-corrected chi connectivity index (χ1v) is 17.4. The first-order valence-electron chi connectivity index (χ1n) is 15.8. The number of aromatic amines is 1. The number of hydrogen-bond acceptors (Lipinski definition) is 14. The van der Waals surface area contributed by atoms with Gasteiger partial charge in [0.05, 0.1) is 12.7 Å². The molecular weight excluding hydrogens is 699 g/mol. The molecule has 3 amide bonds. The fourth-order valence-electron chi connectivity index (χ4n) is 4.52. The second kappa shape index (κ2) is 19.7. The van der Waals surface area contributed by atoms with Crippen LogP contribution in [-0.2, 0) is 53.8 Å². The number of carboxylic acids is 1. The molecule has 22 heteroatoms. The Morgan fingerprint density at radius 2 is 1.71 bits per heavy atom. The van der Waals surface area contributed by atoms with Crippen LogP contribution in [0.15, 0.2) is 24.0 Å². The summed E-state index contributed by atoms with van der Waals surface area (Å²) in [6, 6.07) is -3.65. The summed E-state index contributed by atoms with van der Waals surface area (Å²) in [4.78, 5) is 81.4. The average Bonchev–Trinajstić information content (AvgIpc) is 3.68. The third-order valence-corrected chi connectivity index (χ3v) is 9.85. The van der Waals surface area contributed by atoms with E-state index in [9.17, 15) is 48.7 Å². The van der Waals surface area contributed by atoms with Crippen LogP contribution in [0.2, 0.25) is 0 Å². The zero-order valence-electron chi connectivity index (χ0n) is 29.0. The van der Waals surface area contributed by atoms with Gasteiger partial charge in [-0.1, -0.05) is 0 Å². The fraction of sp³-hybridized carbons (Fsp3) is 0.621. The van der Waals surface area contributed by atoms with E-state index in [0.29, 0.717) is 25.1 Å². The molecule has 0 aromatic carbocycles. The Balaban J connectivity index is 1.90. The smallest absolute Gasteiger partial charge is 0.395 e. The van der Waals surface area contributed by atoms with Gasteiger partial charge in [0.15, 0.2) is 11.9 Å². The molecule has 0 saturated heterocycles. The van der Waals surface area contributed by atoms with Gasteiger partial charge in [-0.15, -0.1) is 0 Å². The lowest BCUT2D eigenvalue weighted by Gasteiger charge is -2.29. The van der Waals surface area contributed by atoms with E-state index in [1.165, 1.54) is 57.0 Å². The number of carboxylic acid groups (broad SMARTS) is 1. The Bertz CT molecular complexity index is 1460. The van der Waals surface area contributed by atoms with Crippen LogP contribution < -0.4 is 21.7 Å². The number of carbonyl (C=O) groups excluding carboxylic acids is 5. The standard InChI is InChI=1S/C29H47N8O13P/c1-16(26(42)35-19(12-17-13-31-15-32-17)27(43)34-18(28(44)45)8-6-7-11-30)33-21(39)9-10-22(40)48-14-20(38)24-23(41)25(29(46)49-24)50-51(47,36(2)3)37(4)5/h13,15-16,18-20,24,38,41H,6-12,14,30H2,1-5H3,(H,31,32)(H,33,39)(H,34,43)(H,35,42)(H,44,45). The molecule has 1 aliphatic rings. The highest BCUT2D eigenvalue weighted by Gasteiger charge is 2.45. The molecule has 5 atom stereocenters. The SMILES string of the molecule is CC(NC(=O)CCC(=O)OCC(O)C1OC(=O)C(OP(=O)(N(C)C)N(C)C)=C1O)C(=O)NC(Cc1cnc[nH]1)C(=O)NC(CCCCN)C(=O)O. The van der Waals surface area contributed by atoms with Gasteiger partial charge in [-0.2, -0.15) is 0 Å². The number of H-pyrrole nitrogens is 1. The van der Waals surface area contributed by atoms with Crippen molar-refractivity contribution in [3.63, 3.8) is 0 Å². The summed E-state index contributed by atoms with van der Waals surface area (Å²) in [6.45, 7) is 0.924. The third-order valence-electron chi connectivity index (χ3n) is 7.41. The summed E-state index contributed by atoms with van der Waals surface area (Å²) >= 11 is 0. The topological polar surface area (TPSA) is 305 Å². The normalized spacial score (nSPS) is 17.0. The van der Waals surface area contributed by atoms with Crippen LogP contribution in [0.1, 0.15) is 44.7 Å². The summed E-state index contributed by atoms with van der Waals surface area (Å²) in [6.07, 6.45) is -0.525. The van der Waals surface area contributed by atoms with Crippen molar-refractivity contribution in [2.45, 2.75) is 75.8 Å². The summed E-state index contributed by atoms with van der Waals surface area (Å²) in [5.41, 5.74) is 5.93.